The van der Waals surface area contributed by atoms with E-state index in [1.54, 1.807) is 0 Å². The highest BCUT2D eigenvalue weighted by Gasteiger charge is 2.43. The van der Waals surface area contributed by atoms with E-state index in [0.29, 0.717) is 0 Å². The van der Waals surface area contributed by atoms with Crippen LogP contribution in [0.5, 0.6) is 0 Å². The average molecular weight is 181 g/mol. The van der Waals surface area contributed by atoms with Gasteiger partial charge in [0.15, 0.2) is 5.83 Å². The highest BCUT2D eigenvalue weighted by Crippen LogP contribution is 2.28. The SMILES string of the molecule is FC(=CCl)C(F)C(F)(F)F. The Hall–Kier alpha value is -0.320. The summed E-state index contributed by atoms with van der Waals surface area (Å²) in [4.78, 5) is 0. The van der Waals surface area contributed by atoms with E-state index in [0.717, 1.165) is 0 Å². The largest absolute Gasteiger partial charge is 0.426 e. The molecule has 0 spiro atoms. The number of allylic oxidation sites excluding steroid dienone is 1. The zero-order valence-electron chi connectivity index (χ0n) is 4.42. The van der Waals surface area contributed by atoms with Crippen LogP contribution in [0.25, 0.3) is 0 Å². The van der Waals surface area contributed by atoms with E-state index in [1.807, 2.05) is 0 Å². The van der Waals surface area contributed by atoms with E-state index in [-0.39, 0.29) is 5.54 Å². The lowest BCUT2D eigenvalue weighted by molar-refractivity contribution is -0.173. The average Bonchev–Trinajstić information content (AvgIpc) is 1.83. The second-order valence-electron chi connectivity index (χ2n) is 1.40. The van der Waals surface area contributed by atoms with Crippen molar-refractivity contribution in [2.45, 2.75) is 12.3 Å². The minimum absolute atomic E-state index is 0.0852. The summed E-state index contributed by atoms with van der Waals surface area (Å²) in [6.45, 7) is 0. The first-order valence-corrected chi connectivity index (χ1v) is 2.49. The lowest BCUT2D eigenvalue weighted by Gasteiger charge is -2.08. The van der Waals surface area contributed by atoms with Gasteiger partial charge in [0.05, 0.1) is 0 Å². The molecule has 0 aromatic rings. The first-order valence-electron chi connectivity index (χ1n) is 2.06. The maximum absolute atomic E-state index is 11.7. The number of hydrogen-bond acceptors (Lipinski definition) is 0. The summed E-state index contributed by atoms with van der Waals surface area (Å²) in [5.74, 6) is -2.03. The Morgan fingerprint density at radius 3 is 1.90 bits per heavy atom. The van der Waals surface area contributed by atoms with E-state index in [1.165, 1.54) is 0 Å². The maximum Gasteiger partial charge on any atom is 0.426 e. The van der Waals surface area contributed by atoms with E-state index < -0.39 is 18.2 Å². The van der Waals surface area contributed by atoms with Gasteiger partial charge in [-0.2, -0.15) is 13.2 Å². The zero-order valence-corrected chi connectivity index (χ0v) is 5.18. The number of halogens is 6. The number of rotatable bonds is 1. The quantitative estimate of drug-likeness (QED) is 0.545. The number of hydrogen-bond donors (Lipinski definition) is 0. The summed E-state index contributed by atoms with van der Waals surface area (Å²) < 4.78 is 56.8. The van der Waals surface area contributed by atoms with E-state index in [2.05, 4.69) is 11.6 Å². The molecule has 0 heterocycles. The summed E-state index contributed by atoms with van der Waals surface area (Å²) in [5, 5.41) is 0. The van der Waals surface area contributed by atoms with Crippen molar-refractivity contribution < 1.29 is 22.0 Å². The van der Waals surface area contributed by atoms with Gasteiger partial charge in [-0.3, -0.25) is 0 Å². The Kier molecular flexibility index (Phi) is 3.08. The van der Waals surface area contributed by atoms with Gasteiger partial charge in [-0.15, -0.1) is 0 Å². The van der Waals surface area contributed by atoms with Crippen LogP contribution in [0.15, 0.2) is 11.4 Å². The van der Waals surface area contributed by atoms with Crippen LogP contribution >= 0.6 is 11.6 Å². The minimum Gasteiger partial charge on any atom is -0.230 e. The Morgan fingerprint density at radius 2 is 1.80 bits per heavy atom. The van der Waals surface area contributed by atoms with Crippen molar-refractivity contribution in [1.29, 1.82) is 0 Å². The summed E-state index contributed by atoms with van der Waals surface area (Å²) in [7, 11) is 0. The van der Waals surface area contributed by atoms with Gasteiger partial charge < -0.3 is 0 Å². The van der Waals surface area contributed by atoms with Crippen LogP contribution in [-0.4, -0.2) is 12.3 Å². The fourth-order valence-corrected chi connectivity index (χ4v) is 0.322. The molecule has 0 saturated carbocycles. The van der Waals surface area contributed by atoms with Crippen LogP contribution in [0.2, 0.25) is 0 Å². The molecule has 0 aromatic carbocycles. The lowest BCUT2D eigenvalue weighted by Crippen LogP contribution is -2.24. The van der Waals surface area contributed by atoms with Crippen molar-refractivity contribution in [3.05, 3.63) is 11.4 Å². The molecule has 0 aliphatic heterocycles. The van der Waals surface area contributed by atoms with Crippen LogP contribution < -0.4 is 0 Å². The van der Waals surface area contributed by atoms with Gasteiger partial charge in [0.2, 0.25) is 6.17 Å². The standard InChI is InChI=1S/C4H2ClF5/c5-1-2(6)3(7)4(8,9)10/h1,3H. The van der Waals surface area contributed by atoms with E-state index in [4.69, 9.17) is 0 Å². The summed E-state index contributed by atoms with van der Waals surface area (Å²) in [6, 6.07) is 0. The zero-order chi connectivity index (χ0) is 8.36. The van der Waals surface area contributed by atoms with Crippen molar-refractivity contribution in [2.75, 3.05) is 0 Å². The molecular formula is C4H2ClF5. The molecule has 6 heteroatoms. The summed E-state index contributed by atoms with van der Waals surface area (Å²) >= 11 is 4.48. The molecule has 0 radical (unpaired) electrons. The van der Waals surface area contributed by atoms with Crippen molar-refractivity contribution in [3.8, 4) is 0 Å². The molecular weight excluding hydrogens is 178 g/mol. The molecule has 0 amide bonds. The third kappa shape index (κ3) is 2.51. The molecule has 0 saturated heterocycles. The van der Waals surface area contributed by atoms with Gasteiger partial charge in [-0.1, -0.05) is 11.6 Å². The van der Waals surface area contributed by atoms with Crippen LogP contribution in [-0.2, 0) is 0 Å². The first-order chi connectivity index (χ1) is 4.39. The predicted octanol–water partition coefficient (Wildman–Crippen LogP) is 2.94. The highest BCUT2D eigenvalue weighted by molar-refractivity contribution is 6.25. The third-order valence-corrected chi connectivity index (χ3v) is 0.842. The second-order valence-corrected chi connectivity index (χ2v) is 1.62. The molecule has 0 nitrogen and oxygen atoms in total. The second kappa shape index (κ2) is 3.18. The lowest BCUT2D eigenvalue weighted by atomic mass is 10.3. The molecule has 1 atom stereocenters. The molecule has 1 unspecified atom stereocenters. The maximum atomic E-state index is 11.7. The van der Waals surface area contributed by atoms with Gasteiger partial charge in [-0.05, 0) is 0 Å². The molecule has 0 N–H and O–H groups in total. The molecule has 0 aliphatic rings. The van der Waals surface area contributed by atoms with E-state index in [9.17, 15) is 22.0 Å². The molecule has 0 aliphatic carbocycles. The fourth-order valence-electron chi connectivity index (χ4n) is 0.212. The first kappa shape index (κ1) is 9.68. The molecule has 0 aromatic heterocycles. The van der Waals surface area contributed by atoms with Crippen molar-refractivity contribution >= 4 is 11.6 Å². The molecule has 10 heavy (non-hydrogen) atoms. The Morgan fingerprint density at radius 1 is 1.40 bits per heavy atom. The van der Waals surface area contributed by atoms with Crippen LogP contribution in [0.4, 0.5) is 22.0 Å². The predicted molar refractivity (Wildman–Crippen MR) is 26.0 cm³/mol. The third-order valence-electron chi connectivity index (χ3n) is 0.634. The molecule has 0 fully saturated rings. The van der Waals surface area contributed by atoms with Crippen molar-refractivity contribution in [2.24, 2.45) is 0 Å². The fraction of sp³-hybridized carbons (Fsp3) is 0.500. The Labute approximate surface area is 58.3 Å². The Balaban J connectivity index is 4.23. The van der Waals surface area contributed by atoms with Gasteiger partial charge in [-0.25, -0.2) is 8.78 Å². The molecule has 0 bridgehead atoms. The van der Waals surface area contributed by atoms with Gasteiger partial charge in [0, 0.05) is 5.54 Å². The normalized spacial score (nSPS) is 17.2. The van der Waals surface area contributed by atoms with Gasteiger partial charge in [0.1, 0.15) is 0 Å². The monoisotopic (exact) mass is 180 g/mol. The summed E-state index contributed by atoms with van der Waals surface area (Å²) in [6.07, 6.45) is -8.82. The van der Waals surface area contributed by atoms with Crippen molar-refractivity contribution in [1.82, 2.24) is 0 Å². The van der Waals surface area contributed by atoms with Crippen LogP contribution in [0, 0.1) is 0 Å². The smallest absolute Gasteiger partial charge is 0.230 e. The molecule has 0 rings (SSSR count). The molecule has 60 valence electrons. The van der Waals surface area contributed by atoms with Crippen LogP contribution in [0.3, 0.4) is 0 Å². The highest BCUT2D eigenvalue weighted by atomic mass is 35.5. The van der Waals surface area contributed by atoms with Crippen molar-refractivity contribution in [3.63, 3.8) is 0 Å². The topological polar surface area (TPSA) is 0 Å². The Bertz CT molecular complexity index is 137. The summed E-state index contributed by atoms with van der Waals surface area (Å²) in [5.41, 5.74) is -0.0852. The number of alkyl halides is 4. The van der Waals surface area contributed by atoms with Crippen LogP contribution in [0.1, 0.15) is 0 Å². The van der Waals surface area contributed by atoms with E-state index >= 15 is 0 Å². The van der Waals surface area contributed by atoms with Gasteiger partial charge >= 0.3 is 6.18 Å². The minimum atomic E-state index is -5.21. The van der Waals surface area contributed by atoms with Gasteiger partial charge in [0.25, 0.3) is 0 Å².